The second-order valence-corrected chi connectivity index (χ2v) is 7.65. The van der Waals surface area contributed by atoms with Crippen molar-refractivity contribution in [2.24, 2.45) is 0 Å². The van der Waals surface area contributed by atoms with Crippen molar-refractivity contribution in [3.8, 4) is 0 Å². The first-order chi connectivity index (χ1) is 9.43. The average molecular weight is 313 g/mol. The van der Waals surface area contributed by atoms with Gasteiger partial charge in [-0.15, -0.1) is 11.3 Å². The van der Waals surface area contributed by atoms with Gasteiger partial charge in [-0.2, -0.15) is 4.31 Å². The molecule has 0 bridgehead atoms. The zero-order valence-electron chi connectivity index (χ0n) is 11.3. The predicted molar refractivity (Wildman–Crippen MR) is 76.8 cm³/mol. The van der Waals surface area contributed by atoms with E-state index in [1.54, 1.807) is 19.2 Å². The van der Waals surface area contributed by atoms with E-state index in [2.05, 4.69) is 4.98 Å². The van der Waals surface area contributed by atoms with Gasteiger partial charge < -0.3 is 0 Å². The summed E-state index contributed by atoms with van der Waals surface area (Å²) in [5, 5.41) is 1.80. The van der Waals surface area contributed by atoms with Gasteiger partial charge in [-0.3, -0.25) is 9.20 Å². The number of aryl methyl sites for hydroxylation is 2. The smallest absolute Gasteiger partial charge is 0.267 e. The van der Waals surface area contributed by atoms with Crippen LogP contribution in [0.1, 0.15) is 24.2 Å². The number of nitrogens with zero attached hydrogens (tertiary/aromatic N) is 3. The van der Waals surface area contributed by atoms with Gasteiger partial charge in [0, 0.05) is 24.2 Å². The first kappa shape index (κ1) is 13.7. The van der Waals surface area contributed by atoms with E-state index >= 15 is 0 Å². The quantitative estimate of drug-likeness (QED) is 0.834. The van der Waals surface area contributed by atoms with Crippen molar-refractivity contribution in [3.05, 3.63) is 27.1 Å². The van der Waals surface area contributed by atoms with Crippen molar-refractivity contribution < 1.29 is 8.42 Å². The average Bonchev–Trinajstić information content (AvgIpc) is 2.99. The van der Waals surface area contributed by atoms with Crippen molar-refractivity contribution in [2.75, 3.05) is 13.1 Å². The SMILES string of the molecule is Cc1nc2scc(C)n2c(=O)c1S(=O)(=O)N1CCCC1. The predicted octanol–water partition coefficient (Wildman–Crippen LogP) is 1.16. The summed E-state index contributed by atoms with van der Waals surface area (Å²) in [6.07, 6.45) is 1.68. The molecule has 6 nitrogen and oxygen atoms in total. The molecule has 1 aliphatic rings. The third kappa shape index (κ3) is 1.90. The monoisotopic (exact) mass is 313 g/mol. The number of hydrogen-bond donors (Lipinski definition) is 0. The molecular weight excluding hydrogens is 298 g/mol. The molecule has 0 spiro atoms. The topological polar surface area (TPSA) is 71.8 Å². The van der Waals surface area contributed by atoms with Crippen LogP contribution in [0.25, 0.3) is 4.96 Å². The van der Waals surface area contributed by atoms with Crippen LogP contribution in [-0.2, 0) is 10.0 Å². The van der Waals surface area contributed by atoms with E-state index in [0.29, 0.717) is 23.7 Å². The molecule has 0 amide bonds. The Kier molecular flexibility index (Phi) is 3.19. The number of hydrogen-bond acceptors (Lipinski definition) is 5. The Morgan fingerprint density at radius 1 is 1.25 bits per heavy atom. The lowest BCUT2D eigenvalue weighted by Gasteiger charge is -2.16. The summed E-state index contributed by atoms with van der Waals surface area (Å²) >= 11 is 1.34. The fourth-order valence-electron chi connectivity index (χ4n) is 2.52. The van der Waals surface area contributed by atoms with Gasteiger partial charge >= 0.3 is 0 Å². The van der Waals surface area contributed by atoms with E-state index in [4.69, 9.17) is 0 Å². The van der Waals surface area contributed by atoms with Crippen molar-refractivity contribution in [1.29, 1.82) is 0 Å². The standard InChI is InChI=1S/C12H15N3O3S2/c1-8-7-19-12-13-9(2)10(11(16)15(8)12)20(17,18)14-5-3-4-6-14/h7H,3-6H2,1-2H3. The third-order valence-corrected chi connectivity index (χ3v) is 6.51. The van der Waals surface area contributed by atoms with Gasteiger partial charge in [-0.05, 0) is 26.7 Å². The second-order valence-electron chi connectivity index (χ2n) is 4.94. The van der Waals surface area contributed by atoms with Gasteiger partial charge in [-0.1, -0.05) is 0 Å². The van der Waals surface area contributed by atoms with Crippen molar-refractivity contribution >= 4 is 26.3 Å². The van der Waals surface area contributed by atoms with E-state index in [-0.39, 0.29) is 10.6 Å². The van der Waals surface area contributed by atoms with Crippen LogP contribution in [0.2, 0.25) is 0 Å². The molecule has 108 valence electrons. The molecule has 1 saturated heterocycles. The largest absolute Gasteiger partial charge is 0.279 e. The Bertz CT molecular complexity index is 829. The van der Waals surface area contributed by atoms with Gasteiger partial charge in [0.1, 0.15) is 0 Å². The van der Waals surface area contributed by atoms with Crippen LogP contribution in [0.5, 0.6) is 0 Å². The van der Waals surface area contributed by atoms with Crippen LogP contribution in [0.15, 0.2) is 15.1 Å². The molecule has 2 aromatic heterocycles. The Morgan fingerprint density at radius 2 is 1.90 bits per heavy atom. The van der Waals surface area contributed by atoms with E-state index in [1.807, 2.05) is 0 Å². The number of fused-ring (bicyclic) bond motifs is 1. The first-order valence-corrected chi connectivity index (χ1v) is 8.72. The second kappa shape index (κ2) is 4.64. The van der Waals surface area contributed by atoms with Gasteiger partial charge in [-0.25, -0.2) is 13.4 Å². The first-order valence-electron chi connectivity index (χ1n) is 6.40. The fraction of sp³-hybridized carbons (Fsp3) is 0.500. The summed E-state index contributed by atoms with van der Waals surface area (Å²) < 4.78 is 28.0. The molecule has 0 radical (unpaired) electrons. The van der Waals surface area contributed by atoms with Crippen LogP contribution in [0, 0.1) is 13.8 Å². The maximum Gasteiger partial charge on any atom is 0.279 e. The van der Waals surface area contributed by atoms with Crippen LogP contribution in [0.3, 0.4) is 0 Å². The molecule has 0 aliphatic carbocycles. The molecule has 0 aromatic carbocycles. The Morgan fingerprint density at radius 3 is 2.55 bits per heavy atom. The van der Waals surface area contributed by atoms with Gasteiger partial charge in [0.2, 0.25) is 10.0 Å². The van der Waals surface area contributed by atoms with Crippen molar-refractivity contribution in [2.45, 2.75) is 31.6 Å². The van der Waals surface area contributed by atoms with Gasteiger partial charge in [0.05, 0.1) is 5.69 Å². The Labute approximate surface area is 120 Å². The minimum Gasteiger partial charge on any atom is -0.267 e. The van der Waals surface area contributed by atoms with E-state index in [9.17, 15) is 13.2 Å². The maximum absolute atomic E-state index is 12.6. The summed E-state index contributed by atoms with van der Waals surface area (Å²) in [4.78, 5) is 17.2. The normalized spacial score (nSPS) is 17.1. The molecule has 8 heteroatoms. The number of thiazole rings is 1. The maximum atomic E-state index is 12.6. The van der Waals surface area contributed by atoms with Gasteiger partial charge in [0.15, 0.2) is 9.86 Å². The molecule has 3 rings (SSSR count). The summed E-state index contributed by atoms with van der Waals surface area (Å²) in [6, 6.07) is 0. The highest BCUT2D eigenvalue weighted by Crippen LogP contribution is 2.22. The minimum absolute atomic E-state index is 0.182. The van der Waals surface area contributed by atoms with Crippen molar-refractivity contribution in [3.63, 3.8) is 0 Å². The highest BCUT2D eigenvalue weighted by Gasteiger charge is 2.32. The molecular formula is C12H15N3O3S2. The highest BCUT2D eigenvalue weighted by atomic mass is 32.2. The molecule has 0 atom stereocenters. The summed E-state index contributed by atoms with van der Waals surface area (Å²) in [7, 11) is -3.74. The number of aromatic nitrogens is 2. The summed E-state index contributed by atoms with van der Waals surface area (Å²) in [5.74, 6) is 0. The minimum atomic E-state index is -3.74. The summed E-state index contributed by atoms with van der Waals surface area (Å²) in [5.41, 5.74) is 0.502. The molecule has 0 N–H and O–H groups in total. The van der Waals surface area contributed by atoms with Crippen LogP contribution < -0.4 is 5.56 Å². The molecule has 0 unspecified atom stereocenters. The molecule has 3 heterocycles. The third-order valence-electron chi connectivity index (χ3n) is 3.53. The van der Waals surface area contributed by atoms with Gasteiger partial charge in [0.25, 0.3) is 5.56 Å². The molecule has 20 heavy (non-hydrogen) atoms. The highest BCUT2D eigenvalue weighted by molar-refractivity contribution is 7.89. The van der Waals surface area contributed by atoms with E-state index in [0.717, 1.165) is 12.8 Å². The molecule has 2 aromatic rings. The van der Waals surface area contributed by atoms with Crippen LogP contribution in [0.4, 0.5) is 0 Å². The lowest BCUT2D eigenvalue weighted by molar-refractivity contribution is 0.475. The van der Waals surface area contributed by atoms with E-state index in [1.165, 1.54) is 20.0 Å². The molecule has 0 saturated carbocycles. The lowest BCUT2D eigenvalue weighted by atomic mass is 10.4. The number of sulfonamides is 1. The Hall–Kier alpha value is -1.25. The summed E-state index contributed by atoms with van der Waals surface area (Å²) in [6.45, 7) is 4.31. The van der Waals surface area contributed by atoms with E-state index < -0.39 is 15.6 Å². The zero-order valence-corrected chi connectivity index (χ0v) is 12.9. The zero-order chi connectivity index (χ0) is 14.5. The fourth-order valence-corrected chi connectivity index (χ4v) is 5.15. The number of rotatable bonds is 2. The van der Waals surface area contributed by atoms with Crippen molar-refractivity contribution in [1.82, 2.24) is 13.7 Å². The Balaban J connectivity index is 2.31. The van der Waals surface area contributed by atoms with Crippen LogP contribution >= 0.6 is 11.3 Å². The lowest BCUT2D eigenvalue weighted by Crippen LogP contribution is -2.34. The molecule has 1 aliphatic heterocycles. The molecule has 1 fully saturated rings. The van der Waals surface area contributed by atoms with Crippen LogP contribution in [-0.4, -0.2) is 35.2 Å².